The number of benzene rings is 2. The van der Waals surface area contributed by atoms with Crippen LogP contribution in [0.5, 0.6) is 5.75 Å². The summed E-state index contributed by atoms with van der Waals surface area (Å²) in [4.78, 5) is 12.0. The molecule has 1 amide bonds. The van der Waals surface area contributed by atoms with Crippen molar-refractivity contribution in [1.29, 1.82) is 0 Å². The van der Waals surface area contributed by atoms with E-state index in [1.165, 1.54) is 0 Å². The smallest absolute Gasteiger partial charge is 0.263 e. The number of hydrogen-bond donors (Lipinski definition) is 2. The van der Waals surface area contributed by atoms with E-state index in [4.69, 9.17) is 4.74 Å². The molecule has 138 valence electrons. The van der Waals surface area contributed by atoms with E-state index in [9.17, 15) is 4.79 Å². The lowest BCUT2D eigenvalue weighted by molar-refractivity contribution is -0.118. The highest BCUT2D eigenvalue weighted by atomic mass is 16.5. The van der Waals surface area contributed by atoms with Gasteiger partial charge in [0.25, 0.3) is 5.91 Å². The first-order valence-electron chi connectivity index (χ1n) is 8.75. The van der Waals surface area contributed by atoms with Crippen LogP contribution in [0.3, 0.4) is 0 Å². The summed E-state index contributed by atoms with van der Waals surface area (Å²) >= 11 is 0. The maximum absolute atomic E-state index is 12.0. The van der Waals surface area contributed by atoms with Crippen LogP contribution in [0.15, 0.2) is 66.7 Å². The van der Waals surface area contributed by atoms with E-state index in [1.54, 1.807) is 12.1 Å². The van der Waals surface area contributed by atoms with Crippen molar-refractivity contribution < 1.29 is 9.53 Å². The summed E-state index contributed by atoms with van der Waals surface area (Å²) in [6, 6.07) is 21.2. The molecule has 1 aromatic heterocycles. The van der Waals surface area contributed by atoms with Crippen LogP contribution in [0.4, 0.5) is 11.6 Å². The van der Waals surface area contributed by atoms with Crippen LogP contribution < -0.4 is 15.4 Å². The highest BCUT2D eigenvalue weighted by Gasteiger charge is 2.08. The number of ether oxygens (including phenoxy) is 1. The van der Waals surface area contributed by atoms with Gasteiger partial charge in [0.15, 0.2) is 12.4 Å². The fourth-order valence-electron chi connectivity index (χ4n) is 2.49. The minimum Gasteiger partial charge on any atom is -0.484 e. The molecule has 0 saturated carbocycles. The van der Waals surface area contributed by atoms with E-state index in [2.05, 4.69) is 27.8 Å². The molecule has 3 aromatic rings. The Labute approximate surface area is 158 Å². The largest absolute Gasteiger partial charge is 0.484 e. The maximum Gasteiger partial charge on any atom is 0.263 e. The quantitative estimate of drug-likeness (QED) is 0.665. The Kier molecular flexibility index (Phi) is 5.99. The molecule has 6 nitrogen and oxygen atoms in total. The molecule has 0 saturated heterocycles. The normalized spacial score (nSPS) is 11.5. The van der Waals surface area contributed by atoms with E-state index < -0.39 is 0 Å². The Morgan fingerprint density at radius 1 is 0.963 bits per heavy atom. The topological polar surface area (TPSA) is 76.1 Å². The minimum atomic E-state index is -0.289. The molecule has 0 aliphatic rings. The monoisotopic (exact) mass is 362 g/mol. The van der Waals surface area contributed by atoms with Crippen LogP contribution >= 0.6 is 0 Å². The summed E-state index contributed by atoms with van der Waals surface area (Å²) in [6.45, 7) is 3.96. The lowest BCUT2D eigenvalue weighted by Gasteiger charge is -2.14. The van der Waals surface area contributed by atoms with E-state index in [1.807, 2.05) is 61.5 Å². The van der Waals surface area contributed by atoms with E-state index in [0.29, 0.717) is 17.4 Å². The number of carbonyl (C=O) groups is 1. The average Bonchev–Trinajstić information content (AvgIpc) is 2.70. The van der Waals surface area contributed by atoms with E-state index in [0.717, 1.165) is 11.1 Å². The maximum atomic E-state index is 12.0. The highest BCUT2D eigenvalue weighted by molar-refractivity contribution is 5.90. The third kappa shape index (κ3) is 5.54. The van der Waals surface area contributed by atoms with Crippen LogP contribution in [0.1, 0.15) is 24.1 Å². The fraction of sp³-hybridized carbons (Fsp3) is 0.190. The van der Waals surface area contributed by atoms with Crippen molar-refractivity contribution in [2.75, 3.05) is 17.2 Å². The average molecular weight is 362 g/mol. The molecule has 2 N–H and O–H groups in total. The molecule has 0 aliphatic heterocycles. The van der Waals surface area contributed by atoms with Gasteiger partial charge in [-0.2, -0.15) is 0 Å². The molecule has 0 radical (unpaired) electrons. The van der Waals surface area contributed by atoms with Gasteiger partial charge >= 0.3 is 0 Å². The lowest BCUT2D eigenvalue weighted by Crippen LogP contribution is -2.21. The third-order valence-electron chi connectivity index (χ3n) is 3.99. The van der Waals surface area contributed by atoms with Gasteiger partial charge in [-0.15, -0.1) is 10.2 Å². The Bertz CT molecular complexity index is 865. The molecule has 2 aromatic carbocycles. The molecule has 0 aliphatic carbocycles. The summed E-state index contributed by atoms with van der Waals surface area (Å²) in [7, 11) is 0. The van der Waals surface area contributed by atoms with Gasteiger partial charge in [0.1, 0.15) is 11.6 Å². The van der Waals surface area contributed by atoms with E-state index in [-0.39, 0.29) is 18.6 Å². The molecule has 0 fully saturated rings. The Morgan fingerprint density at radius 3 is 2.30 bits per heavy atom. The Balaban J connectivity index is 1.49. The first-order valence-corrected chi connectivity index (χ1v) is 8.75. The van der Waals surface area contributed by atoms with E-state index >= 15 is 0 Å². The fourth-order valence-corrected chi connectivity index (χ4v) is 2.49. The van der Waals surface area contributed by atoms with Crippen molar-refractivity contribution in [3.63, 3.8) is 0 Å². The zero-order chi connectivity index (χ0) is 19.1. The molecule has 27 heavy (non-hydrogen) atoms. The standard InChI is InChI=1S/C21H22N4O2/c1-15-8-10-18(11-9-15)27-14-21(26)23-20-13-12-19(24-25-20)22-16(2)17-6-4-3-5-7-17/h3-13,16H,14H2,1-2H3,(H,22,24)(H,23,25,26). The number of hydrogen-bond acceptors (Lipinski definition) is 5. The van der Waals surface area contributed by atoms with Crippen LogP contribution in [0.25, 0.3) is 0 Å². The number of nitrogens with one attached hydrogen (secondary N) is 2. The zero-order valence-corrected chi connectivity index (χ0v) is 15.3. The molecule has 1 heterocycles. The molecule has 0 bridgehead atoms. The first-order chi connectivity index (χ1) is 13.1. The summed E-state index contributed by atoms with van der Waals surface area (Å²) in [6.07, 6.45) is 0. The number of anilines is 2. The van der Waals surface area contributed by atoms with Crippen molar-refractivity contribution in [3.8, 4) is 5.75 Å². The molecule has 0 spiro atoms. The van der Waals surface area contributed by atoms with Crippen molar-refractivity contribution in [2.24, 2.45) is 0 Å². The molecule has 6 heteroatoms. The Morgan fingerprint density at radius 2 is 1.63 bits per heavy atom. The third-order valence-corrected chi connectivity index (χ3v) is 3.99. The number of aromatic nitrogens is 2. The summed E-state index contributed by atoms with van der Waals surface area (Å²) in [5.74, 6) is 1.38. The van der Waals surface area contributed by atoms with Crippen LogP contribution in [0.2, 0.25) is 0 Å². The van der Waals surface area contributed by atoms with Crippen molar-refractivity contribution in [2.45, 2.75) is 19.9 Å². The number of amides is 1. The second kappa shape index (κ2) is 8.80. The molecular formula is C21H22N4O2. The SMILES string of the molecule is Cc1ccc(OCC(=O)Nc2ccc(NC(C)c3ccccc3)nn2)cc1. The summed E-state index contributed by atoms with van der Waals surface area (Å²) < 4.78 is 5.45. The molecule has 1 unspecified atom stereocenters. The van der Waals surface area contributed by atoms with Gasteiger partial charge in [0.05, 0.1) is 0 Å². The zero-order valence-electron chi connectivity index (χ0n) is 15.3. The highest BCUT2D eigenvalue weighted by Crippen LogP contribution is 2.17. The first kappa shape index (κ1) is 18.4. The number of rotatable bonds is 7. The number of carbonyl (C=O) groups excluding carboxylic acids is 1. The second-order valence-corrected chi connectivity index (χ2v) is 6.23. The van der Waals surface area contributed by atoms with Crippen LogP contribution in [-0.4, -0.2) is 22.7 Å². The van der Waals surface area contributed by atoms with Crippen LogP contribution in [-0.2, 0) is 4.79 Å². The van der Waals surface area contributed by atoms with Crippen molar-refractivity contribution in [3.05, 3.63) is 77.9 Å². The van der Waals surface area contributed by atoms with Gasteiger partial charge in [-0.3, -0.25) is 4.79 Å². The van der Waals surface area contributed by atoms with Gasteiger partial charge in [-0.25, -0.2) is 0 Å². The summed E-state index contributed by atoms with van der Waals surface area (Å²) in [5.41, 5.74) is 2.29. The lowest BCUT2D eigenvalue weighted by atomic mass is 10.1. The van der Waals surface area contributed by atoms with Gasteiger partial charge < -0.3 is 15.4 Å². The van der Waals surface area contributed by atoms with Gasteiger partial charge in [-0.05, 0) is 43.7 Å². The number of nitrogens with zero attached hydrogens (tertiary/aromatic N) is 2. The molecular weight excluding hydrogens is 340 g/mol. The van der Waals surface area contributed by atoms with Crippen molar-refractivity contribution in [1.82, 2.24) is 10.2 Å². The van der Waals surface area contributed by atoms with Crippen LogP contribution in [0, 0.1) is 6.92 Å². The second-order valence-electron chi connectivity index (χ2n) is 6.23. The predicted octanol–water partition coefficient (Wildman–Crippen LogP) is 3.98. The molecule has 1 atom stereocenters. The van der Waals surface area contributed by atoms with Crippen molar-refractivity contribution >= 4 is 17.5 Å². The predicted molar refractivity (Wildman–Crippen MR) is 106 cm³/mol. The van der Waals surface area contributed by atoms with Gasteiger partial charge in [-0.1, -0.05) is 48.0 Å². The molecule has 3 rings (SSSR count). The van der Waals surface area contributed by atoms with Gasteiger partial charge in [0.2, 0.25) is 0 Å². The summed E-state index contributed by atoms with van der Waals surface area (Å²) in [5, 5.41) is 14.1. The number of aryl methyl sites for hydroxylation is 1. The Hall–Kier alpha value is -3.41. The van der Waals surface area contributed by atoms with Gasteiger partial charge in [0, 0.05) is 6.04 Å². The minimum absolute atomic E-state index is 0.0875.